The van der Waals surface area contributed by atoms with Gasteiger partial charge >= 0.3 is 11.9 Å². The van der Waals surface area contributed by atoms with Crippen LogP contribution in [0.5, 0.6) is 0 Å². The largest absolute Gasteiger partial charge is 0.456 e. The van der Waals surface area contributed by atoms with Gasteiger partial charge in [0.1, 0.15) is 25.0 Å². The van der Waals surface area contributed by atoms with Gasteiger partial charge in [-0.05, 0) is 0 Å². The Morgan fingerprint density at radius 1 is 0.950 bits per heavy atom. The quantitative estimate of drug-likeness (QED) is 0.517. The van der Waals surface area contributed by atoms with Gasteiger partial charge in [-0.3, -0.25) is 9.59 Å². The SMILES string of the molecule is C#CCC(=O)OC1COC2C(OC(=O)CC#C)COC12. The van der Waals surface area contributed by atoms with Crippen LogP contribution in [0.4, 0.5) is 0 Å². The summed E-state index contributed by atoms with van der Waals surface area (Å²) in [7, 11) is 0. The highest BCUT2D eigenvalue weighted by Gasteiger charge is 2.51. The van der Waals surface area contributed by atoms with E-state index in [9.17, 15) is 9.59 Å². The second-order valence-electron chi connectivity index (χ2n) is 4.41. The van der Waals surface area contributed by atoms with Crippen LogP contribution in [0.15, 0.2) is 0 Å². The van der Waals surface area contributed by atoms with Crippen LogP contribution in [0.3, 0.4) is 0 Å². The third-order valence-electron chi connectivity index (χ3n) is 3.02. The van der Waals surface area contributed by atoms with E-state index in [4.69, 9.17) is 31.8 Å². The van der Waals surface area contributed by atoms with Crippen LogP contribution >= 0.6 is 0 Å². The minimum Gasteiger partial charge on any atom is -0.456 e. The fourth-order valence-electron chi connectivity index (χ4n) is 2.22. The molecule has 4 atom stereocenters. The summed E-state index contributed by atoms with van der Waals surface area (Å²) in [6.07, 6.45) is 7.90. The fraction of sp³-hybridized carbons (Fsp3) is 0.571. The lowest BCUT2D eigenvalue weighted by molar-refractivity contribution is -0.154. The van der Waals surface area contributed by atoms with Crippen molar-refractivity contribution in [2.24, 2.45) is 0 Å². The van der Waals surface area contributed by atoms with E-state index in [2.05, 4.69) is 11.8 Å². The van der Waals surface area contributed by atoms with Gasteiger partial charge in [0.25, 0.3) is 0 Å². The third-order valence-corrected chi connectivity index (χ3v) is 3.02. The average molecular weight is 278 g/mol. The van der Waals surface area contributed by atoms with Gasteiger partial charge in [-0.1, -0.05) is 11.8 Å². The summed E-state index contributed by atoms with van der Waals surface area (Å²) in [5.41, 5.74) is 0. The zero-order valence-electron chi connectivity index (χ0n) is 10.7. The first kappa shape index (κ1) is 14.4. The Morgan fingerprint density at radius 2 is 1.35 bits per heavy atom. The maximum atomic E-state index is 11.3. The van der Waals surface area contributed by atoms with Gasteiger partial charge in [-0.2, -0.15) is 0 Å². The number of carbonyl (C=O) groups excluding carboxylic acids is 2. The Labute approximate surface area is 116 Å². The van der Waals surface area contributed by atoms with Gasteiger partial charge in [0, 0.05) is 0 Å². The summed E-state index contributed by atoms with van der Waals surface area (Å²) in [6.45, 7) is 0.379. The first-order valence-corrected chi connectivity index (χ1v) is 6.14. The second-order valence-corrected chi connectivity index (χ2v) is 4.41. The Hall–Kier alpha value is -2.02. The van der Waals surface area contributed by atoms with Crippen LogP contribution < -0.4 is 0 Å². The molecule has 0 radical (unpaired) electrons. The number of hydrogen-bond donors (Lipinski definition) is 0. The van der Waals surface area contributed by atoms with Crippen molar-refractivity contribution in [2.75, 3.05) is 13.2 Å². The standard InChI is InChI=1S/C14H14O6/c1-3-5-11(15)19-9-7-17-14-10(8-18-13(9)14)20-12(16)6-4-2/h1-2,9-10,13-14H,5-8H2. The van der Waals surface area contributed by atoms with Crippen LogP contribution in [-0.4, -0.2) is 49.6 Å². The lowest BCUT2D eigenvalue weighted by atomic mass is 10.1. The minimum atomic E-state index is -0.530. The topological polar surface area (TPSA) is 71.1 Å². The number of carbonyl (C=O) groups is 2. The molecule has 2 saturated heterocycles. The zero-order valence-corrected chi connectivity index (χ0v) is 10.7. The van der Waals surface area contributed by atoms with Crippen LogP contribution in [0, 0.1) is 24.7 Å². The van der Waals surface area contributed by atoms with E-state index in [0.717, 1.165) is 0 Å². The lowest BCUT2D eigenvalue weighted by Gasteiger charge is -2.16. The van der Waals surface area contributed by atoms with E-state index in [1.54, 1.807) is 0 Å². The van der Waals surface area contributed by atoms with Gasteiger partial charge in [0.05, 0.1) is 13.2 Å². The first-order valence-electron chi connectivity index (χ1n) is 6.14. The predicted octanol–water partition coefficient (Wildman–Crippen LogP) is -0.346. The number of esters is 2. The van der Waals surface area contributed by atoms with Crippen LogP contribution in [0.1, 0.15) is 12.8 Å². The van der Waals surface area contributed by atoms with Gasteiger partial charge in [0.15, 0.2) is 12.2 Å². The average Bonchev–Trinajstić information content (AvgIpc) is 2.95. The molecule has 2 rings (SSSR count). The van der Waals surface area contributed by atoms with Crippen molar-refractivity contribution in [3.8, 4) is 24.7 Å². The Morgan fingerprint density at radius 3 is 1.70 bits per heavy atom. The molecule has 0 saturated carbocycles. The highest BCUT2D eigenvalue weighted by Crippen LogP contribution is 2.30. The maximum absolute atomic E-state index is 11.3. The van der Waals surface area contributed by atoms with E-state index >= 15 is 0 Å². The summed E-state index contributed by atoms with van der Waals surface area (Å²) < 4.78 is 21.3. The summed E-state index contributed by atoms with van der Waals surface area (Å²) in [5.74, 6) is 3.41. The number of hydrogen-bond acceptors (Lipinski definition) is 6. The number of rotatable bonds is 4. The van der Waals surface area contributed by atoms with Crippen LogP contribution in [0.2, 0.25) is 0 Å². The Kier molecular flexibility index (Phi) is 4.62. The molecule has 0 amide bonds. The fourth-order valence-corrected chi connectivity index (χ4v) is 2.22. The molecule has 20 heavy (non-hydrogen) atoms. The minimum absolute atomic E-state index is 0.103. The highest BCUT2D eigenvalue weighted by molar-refractivity contribution is 5.73. The lowest BCUT2D eigenvalue weighted by Crippen LogP contribution is -2.35. The molecule has 0 aliphatic carbocycles. The van der Waals surface area contributed by atoms with Crippen molar-refractivity contribution < 1.29 is 28.5 Å². The van der Waals surface area contributed by atoms with Crippen molar-refractivity contribution in [3.63, 3.8) is 0 Å². The molecule has 2 heterocycles. The van der Waals surface area contributed by atoms with E-state index in [-0.39, 0.29) is 26.1 Å². The van der Waals surface area contributed by atoms with Crippen LogP contribution in [-0.2, 0) is 28.5 Å². The maximum Gasteiger partial charge on any atom is 0.318 e. The van der Waals surface area contributed by atoms with Gasteiger partial charge in [-0.25, -0.2) is 0 Å². The van der Waals surface area contributed by atoms with Gasteiger partial charge in [0.2, 0.25) is 0 Å². The molecule has 106 valence electrons. The predicted molar refractivity (Wildman–Crippen MR) is 66.1 cm³/mol. The molecule has 6 nitrogen and oxygen atoms in total. The molecular weight excluding hydrogens is 264 g/mol. The Balaban J connectivity index is 1.88. The third kappa shape index (κ3) is 3.11. The highest BCUT2D eigenvalue weighted by atomic mass is 16.7. The molecule has 0 aromatic heterocycles. The van der Waals surface area contributed by atoms with E-state index in [1.807, 2.05) is 0 Å². The molecule has 0 N–H and O–H groups in total. The second kappa shape index (κ2) is 6.42. The zero-order chi connectivity index (χ0) is 14.5. The molecular formula is C14H14O6. The van der Waals surface area contributed by atoms with Crippen LogP contribution in [0.25, 0.3) is 0 Å². The van der Waals surface area contributed by atoms with Gasteiger partial charge in [-0.15, -0.1) is 12.8 Å². The Bertz CT molecular complexity index is 427. The molecule has 6 heteroatoms. The van der Waals surface area contributed by atoms with Crippen molar-refractivity contribution in [1.82, 2.24) is 0 Å². The molecule has 2 aliphatic rings. The molecule has 2 fully saturated rings. The summed E-state index contributed by atoms with van der Waals surface area (Å²) in [5, 5.41) is 0. The van der Waals surface area contributed by atoms with Crippen molar-refractivity contribution in [1.29, 1.82) is 0 Å². The van der Waals surface area contributed by atoms with Gasteiger partial charge < -0.3 is 18.9 Å². The number of terminal acetylenes is 2. The summed E-state index contributed by atoms with van der Waals surface area (Å²) >= 11 is 0. The molecule has 0 bridgehead atoms. The smallest absolute Gasteiger partial charge is 0.318 e. The number of fused-ring (bicyclic) bond motifs is 1. The molecule has 0 spiro atoms. The van der Waals surface area contributed by atoms with Crippen molar-refractivity contribution in [3.05, 3.63) is 0 Å². The molecule has 0 aromatic rings. The van der Waals surface area contributed by atoms with E-state index < -0.39 is 36.4 Å². The molecule has 0 aromatic carbocycles. The molecule has 2 aliphatic heterocycles. The van der Waals surface area contributed by atoms with Crippen molar-refractivity contribution in [2.45, 2.75) is 37.3 Å². The van der Waals surface area contributed by atoms with E-state index in [0.29, 0.717) is 0 Å². The first-order chi connectivity index (χ1) is 9.65. The summed E-state index contributed by atoms with van der Waals surface area (Å²) in [4.78, 5) is 22.7. The monoisotopic (exact) mass is 278 g/mol. The van der Waals surface area contributed by atoms with E-state index in [1.165, 1.54) is 0 Å². The summed E-state index contributed by atoms with van der Waals surface area (Å²) in [6, 6.07) is 0. The van der Waals surface area contributed by atoms with Crippen molar-refractivity contribution >= 4 is 11.9 Å². The normalized spacial score (nSPS) is 30.9. The molecule has 4 unspecified atom stereocenters. The number of ether oxygens (including phenoxy) is 4.